The van der Waals surface area contributed by atoms with Gasteiger partial charge in [0.15, 0.2) is 0 Å². The molecule has 0 unspecified atom stereocenters. The Hall–Kier alpha value is -1.87. The Morgan fingerprint density at radius 1 is 1.29 bits per heavy atom. The fourth-order valence-electron chi connectivity index (χ4n) is 1.78. The number of aliphatic hydroxyl groups is 1. The zero-order valence-electron chi connectivity index (χ0n) is 9.66. The first-order chi connectivity index (χ1) is 8.31. The van der Waals surface area contributed by atoms with Crippen LogP contribution >= 0.6 is 0 Å². The topological polar surface area (TPSA) is 38.1 Å². The van der Waals surface area contributed by atoms with Crippen molar-refractivity contribution in [1.29, 1.82) is 0 Å². The molecule has 0 bridgehead atoms. The second-order valence-electron chi connectivity index (χ2n) is 3.90. The molecule has 1 N–H and O–H groups in total. The normalized spacial score (nSPS) is 12.3. The molecular formula is C14H16N2O. The van der Waals surface area contributed by atoms with E-state index >= 15 is 0 Å². The molecule has 1 aromatic heterocycles. The fraction of sp³-hybridized carbons (Fsp3) is 0.214. The smallest absolute Gasteiger partial charge is 0.113 e. The van der Waals surface area contributed by atoms with Crippen LogP contribution in [0.5, 0.6) is 0 Å². The maximum atomic E-state index is 9.72. The number of nitrogens with zero attached hydrogens (tertiary/aromatic N) is 2. The summed E-state index contributed by atoms with van der Waals surface area (Å²) in [6.45, 7) is 4.35. The van der Waals surface area contributed by atoms with Crippen molar-refractivity contribution in [3.05, 3.63) is 66.5 Å². The molecule has 2 aromatic rings. The summed E-state index contributed by atoms with van der Waals surface area (Å²) in [6, 6.07) is 12.1. The maximum absolute atomic E-state index is 9.72. The van der Waals surface area contributed by atoms with Crippen LogP contribution in [0.4, 0.5) is 0 Å². The number of aromatic nitrogens is 2. The average molecular weight is 228 g/mol. The lowest BCUT2D eigenvalue weighted by atomic mass is 10.1. The minimum absolute atomic E-state index is 0.645. The van der Waals surface area contributed by atoms with Gasteiger partial charge in [-0.2, -0.15) is 5.10 Å². The molecule has 0 spiro atoms. The quantitative estimate of drug-likeness (QED) is 0.798. The van der Waals surface area contributed by atoms with Crippen molar-refractivity contribution in [3.8, 4) is 0 Å². The van der Waals surface area contributed by atoms with E-state index in [0.717, 1.165) is 18.7 Å². The minimum Gasteiger partial charge on any atom is -0.383 e. The van der Waals surface area contributed by atoms with Gasteiger partial charge in [0.2, 0.25) is 0 Å². The molecule has 17 heavy (non-hydrogen) atoms. The van der Waals surface area contributed by atoms with Crippen molar-refractivity contribution in [1.82, 2.24) is 9.78 Å². The highest BCUT2D eigenvalue weighted by molar-refractivity contribution is 5.15. The van der Waals surface area contributed by atoms with E-state index in [4.69, 9.17) is 0 Å². The first-order valence-electron chi connectivity index (χ1n) is 5.67. The first kappa shape index (κ1) is 11.6. The van der Waals surface area contributed by atoms with E-state index in [-0.39, 0.29) is 0 Å². The van der Waals surface area contributed by atoms with E-state index in [2.05, 4.69) is 23.8 Å². The largest absolute Gasteiger partial charge is 0.383 e. The van der Waals surface area contributed by atoms with Crippen molar-refractivity contribution in [3.63, 3.8) is 0 Å². The maximum Gasteiger partial charge on any atom is 0.113 e. The summed E-state index contributed by atoms with van der Waals surface area (Å²) in [4.78, 5) is 0. The van der Waals surface area contributed by atoms with Crippen molar-refractivity contribution in [2.24, 2.45) is 0 Å². The van der Waals surface area contributed by atoms with Gasteiger partial charge in [-0.25, -0.2) is 0 Å². The summed E-state index contributed by atoms with van der Waals surface area (Å²) >= 11 is 0. The molecule has 0 aliphatic heterocycles. The van der Waals surface area contributed by atoms with Crippen LogP contribution < -0.4 is 0 Å². The molecule has 88 valence electrons. The molecule has 0 aliphatic carbocycles. The number of rotatable bonds is 5. The van der Waals surface area contributed by atoms with Crippen molar-refractivity contribution in [2.45, 2.75) is 19.1 Å². The van der Waals surface area contributed by atoms with Gasteiger partial charge in [0.05, 0.1) is 5.69 Å². The molecule has 3 nitrogen and oxygen atoms in total. The SMILES string of the molecule is C=C[C@H](O)c1ccnn1CCc1ccccc1. The summed E-state index contributed by atoms with van der Waals surface area (Å²) in [5.41, 5.74) is 2.05. The predicted molar refractivity (Wildman–Crippen MR) is 67.5 cm³/mol. The van der Waals surface area contributed by atoms with E-state index in [1.165, 1.54) is 11.6 Å². The molecule has 0 radical (unpaired) electrons. The van der Waals surface area contributed by atoms with E-state index in [1.807, 2.05) is 28.9 Å². The lowest BCUT2D eigenvalue weighted by Gasteiger charge is -2.09. The molecule has 2 rings (SSSR count). The van der Waals surface area contributed by atoms with Crippen molar-refractivity contribution in [2.75, 3.05) is 0 Å². The van der Waals surface area contributed by atoms with Crippen LogP contribution in [0.2, 0.25) is 0 Å². The van der Waals surface area contributed by atoms with Crippen LogP contribution in [-0.4, -0.2) is 14.9 Å². The monoisotopic (exact) mass is 228 g/mol. The van der Waals surface area contributed by atoms with E-state index in [1.54, 1.807) is 6.20 Å². The Kier molecular flexibility index (Phi) is 3.73. The Bertz CT molecular complexity index is 476. The predicted octanol–water partition coefficient (Wildman–Crippen LogP) is 2.35. The van der Waals surface area contributed by atoms with Crippen LogP contribution in [-0.2, 0) is 13.0 Å². The van der Waals surface area contributed by atoms with Gasteiger partial charge >= 0.3 is 0 Å². The summed E-state index contributed by atoms with van der Waals surface area (Å²) in [6.07, 6.45) is 3.47. The highest BCUT2D eigenvalue weighted by atomic mass is 16.3. The first-order valence-corrected chi connectivity index (χ1v) is 5.67. The van der Waals surface area contributed by atoms with Gasteiger partial charge in [0, 0.05) is 12.7 Å². The van der Waals surface area contributed by atoms with Gasteiger partial charge in [-0.05, 0) is 18.1 Å². The molecular weight excluding hydrogens is 212 g/mol. The standard InChI is InChI=1S/C14H16N2O/c1-2-14(17)13-8-10-15-16(13)11-9-12-6-4-3-5-7-12/h2-8,10,14,17H,1,9,11H2/t14-/m0/s1. The zero-order chi connectivity index (χ0) is 12.1. The molecule has 1 aromatic carbocycles. The van der Waals surface area contributed by atoms with E-state index in [9.17, 15) is 5.11 Å². The Labute approximate surface area is 101 Å². The lowest BCUT2D eigenvalue weighted by Crippen LogP contribution is -2.09. The zero-order valence-corrected chi connectivity index (χ0v) is 9.66. The second-order valence-corrected chi connectivity index (χ2v) is 3.90. The van der Waals surface area contributed by atoms with Gasteiger partial charge < -0.3 is 5.11 Å². The van der Waals surface area contributed by atoms with Crippen LogP contribution in [0.3, 0.4) is 0 Å². The summed E-state index contributed by atoms with van der Waals surface area (Å²) in [7, 11) is 0. The summed E-state index contributed by atoms with van der Waals surface area (Å²) in [5, 5.41) is 13.9. The number of aryl methyl sites for hydroxylation is 2. The molecule has 1 atom stereocenters. The van der Waals surface area contributed by atoms with Crippen molar-refractivity contribution >= 4 is 0 Å². The molecule has 1 heterocycles. The highest BCUT2D eigenvalue weighted by Gasteiger charge is 2.08. The summed E-state index contributed by atoms with van der Waals surface area (Å²) < 4.78 is 1.82. The van der Waals surface area contributed by atoms with Gasteiger partial charge in [-0.15, -0.1) is 6.58 Å². The second kappa shape index (κ2) is 5.46. The highest BCUT2D eigenvalue weighted by Crippen LogP contribution is 2.13. The van der Waals surface area contributed by atoms with Gasteiger partial charge in [0.1, 0.15) is 6.10 Å². The number of hydrogen-bond acceptors (Lipinski definition) is 2. The molecule has 0 fully saturated rings. The molecule has 0 saturated heterocycles. The number of aliphatic hydroxyl groups excluding tert-OH is 1. The molecule has 3 heteroatoms. The fourth-order valence-corrected chi connectivity index (χ4v) is 1.78. The van der Waals surface area contributed by atoms with E-state index in [0.29, 0.717) is 0 Å². The van der Waals surface area contributed by atoms with Crippen molar-refractivity contribution < 1.29 is 5.11 Å². The minimum atomic E-state index is -0.645. The molecule has 0 amide bonds. The van der Waals surface area contributed by atoms with E-state index < -0.39 is 6.10 Å². The number of hydrogen-bond donors (Lipinski definition) is 1. The van der Waals surface area contributed by atoms with Crippen LogP contribution in [0.1, 0.15) is 17.4 Å². The van der Waals surface area contributed by atoms with Crippen LogP contribution in [0.25, 0.3) is 0 Å². The third-order valence-corrected chi connectivity index (χ3v) is 2.73. The van der Waals surface area contributed by atoms with Gasteiger partial charge in [-0.3, -0.25) is 4.68 Å². The lowest BCUT2D eigenvalue weighted by molar-refractivity contribution is 0.216. The average Bonchev–Trinajstić information content (AvgIpc) is 2.85. The van der Waals surface area contributed by atoms with Crippen LogP contribution in [0, 0.1) is 0 Å². The van der Waals surface area contributed by atoms with Crippen LogP contribution in [0.15, 0.2) is 55.3 Å². The Balaban J connectivity index is 2.05. The third-order valence-electron chi connectivity index (χ3n) is 2.73. The van der Waals surface area contributed by atoms with Gasteiger partial charge in [-0.1, -0.05) is 36.4 Å². The third kappa shape index (κ3) is 2.82. The Morgan fingerprint density at radius 3 is 2.76 bits per heavy atom. The Morgan fingerprint density at radius 2 is 2.06 bits per heavy atom. The number of benzene rings is 1. The summed E-state index contributed by atoms with van der Waals surface area (Å²) in [5.74, 6) is 0. The molecule has 0 saturated carbocycles. The molecule has 0 aliphatic rings. The van der Waals surface area contributed by atoms with Gasteiger partial charge in [0.25, 0.3) is 0 Å².